The number of rotatable bonds is 3. The van der Waals surface area contributed by atoms with Crippen molar-refractivity contribution in [2.75, 3.05) is 0 Å². The minimum absolute atomic E-state index is 0.920. The van der Waals surface area contributed by atoms with Crippen molar-refractivity contribution in [2.45, 2.75) is 0 Å². The number of furan rings is 1. The molecule has 9 rings (SSSR count). The zero-order valence-electron chi connectivity index (χ0n) is 23.4. The van der Waals surface area contributed by atoms with Crippen molar-refractivity contribution in [1.82, 2.24) is 0 Å². The largest absolute Gasteiger partial charge is 0.455 e. The van der Waals surface area contributed by atoms with Crippen molar-refractivity contribution in [1.29, 1.82) is 0 Å². The number of benzene rings is 8. The summed E-state index contributed by atoms with van der Waals surface area (Å²) in [4.78, 5) is 0. The Bertz CT molecular complexity index is 2480. The molecule has 1 aromatic heterocycles. The Morgan fingerprint density at radius 1 is 0.302 bits per heavy atom. The molecule has 0 saturated carbocycles. The van der Waals surface area contributed by atoms with Gasteiger partial charge in [-0.3, -0.25) is 0 Å². The van der Waals surface area contributed by atoms with Crippen LogP contribution in [0.25, 0.3) is 87.6 Å². The SMILES string of the molecule is c1ccc(-c2c3ccccc3c(-c3ccccc3)c3cc(-c4cc5c6ccccc6oc5c5ccccc45)ccc23)cc1. The van der Waals surface area contributed by atoms with Gasteiger partial charge in [-0.05, 0) is 78.5 Å². The predicted octanol–water partition coefficient (Wildman–Crippen LogP) is 12.0. The second-order valence-corrected chi connectivity index (χ2v) is 11.2. The number of hydrogen-bond donors (Lipinski definition) is 0. The highest BCUT2D eigenvalue weighted by atomic mass is 16.3. The van der Waals surface area contributed by atoms with E-state index in [9.17, 15) is 0 Å². The van der Waals surface area contributed by atoms with Gasteiger partial charge in [-0.15, -0.1) is 0 Å². The molecular weight excluding hydrogens is 520 g/mol. The van der Waals surface area contributed by atoms with Crippen LogP contribution in [-0.2, 0) is 0 Å². The van der Waals surface area contributed by atoms with Gasteiger partial charge in [0.05, 0.1) is 0 Å². The highest BCUT2D eigenvalue weighted by Gasteiger charge is 2.19. The van der Waals surface area contributed by atoms with Crippen LogP contribution >= 0.6 is 0 Å². The number of hydrogen-bond acceptors (Lipinski definition) is 1. The first-order valence-electron chi connectivity index (χ1n) is 14.8. The molecule has 0 unspecified atom stereocenters. The first-order chi connectivity index (χ1) is 21.3. The van der Waals surface area contributed by atoms with Gasteiger partial charge in [0, 0.05) is 16.2 Å². The maximum Gasteiger partial charge on any atom is 0.143 e. The summed E-state index contributed by atoms with van der Waals surface area (Å²) >= 11 is 0. The molecule has 8 aromatic carbocycles. The Morgan fingerprint density at radius 3 is 1.49 bits per heavy atom. The first kappa shape index (κ1) is 24.0. The highest BCUT2D eigenvalue weighted by molar-refractivity contribution is 6.23. The average Bonchev–Trinajstić information content (AvgIpc) is 3.46. The van der Waals surface area contributed by atoms with Gasteiger partial charge >= 0.3 is 0 Å². The van der Waals surface area contributed by atoms with Gasteiger partial charge < -0.3 is 4.42 Å². The molecule has 0 aliphatic heterocycles. The Balaban J connectivity index is 1.43. The molecule has 1 nitrogen and oxygen atoms in total. The quantitative estimate of drug-likeness (QED) is 0.201. The maximum absolute atomic E-state index is 6.42. The first-order valence-corrected chi connectivity index (χ1v) is 14.8. The Hall–Kier alpha value is -5.66. The number of fused-ring (bicyclic) bond motifs is 7. The molecule has 200 valence electrons. The molecule has 1 heteroatoms. The van der Waals surface area contributed by atoms with Crippen molar-refractivity contribution in [3.8, 4) is 33.4 Å². The molecule has 0 aliphatic rings. The molecule has 0 saturated heterocycles. The third-order valence-electron chi connectivity index (χ3n) is 8.84. The van der Waals surface area contributed by atoms with E-state index < -0.39 is 0 Å². The Kier molecular flexibility index (Phi) is 5.27. The Labute approximate surface area is 249 Å². The fraction of sp³-hybridized carbons (Fsp3) is 0. The molecule has 0 N–H and O–H groups in total. The molecule has 0 fully saturated rings. The van der Waals surface area contributed by atoms with E-state index in [2.05, 4.69) is 152 Å². The third-order valence-corrected chi connectivity index (χ3v) is 8.84. The second-order valence-electron chi connectivity index (χ2n) is 11.2. The summed E-state index contributed by atoms with van der Waals surface area (Å²) in [5.74, 6) is 0. The van der Waals surface area contributed by atoms with Crippen LogP contribution < -0.4 is 0 Å². The van der Waals surface area contributed by atoms with E-state index in [0.717, 1.165) is 27.3 Å². The molecular formula is C42H26O. The zero-order valence-corrected chi connectivity index (χ0v) is 23.4. The summed E-state index contributed by atoms with van der Waals surface area (Å²) in [6, 6.07) is 56.8. The number of para-hydroxylation sites is 1. The van der Waals surface area contributed by atoms with E-state index in [1.807, 2.05) is 6.07 Å². The van der Waals surface area contributed by atoms with Crippen LogP contribution in [0, 0.1) is 0 Å². The summed E-state index contributed by atoms with van der Waals surface area (Å²) in [7, 11) is 0. The molecule has 9 aromatic rings. The minimum Gasteiger partial charge on any atom is -0.455 e. The Morgan fingerprint density at radius 2 is 0.814 bits per heavy atom. The lowest BCUT2D eigenvalue weighted by atomic mass is 9.84. The van der Waals surface area contributed by atoms with E-state index >= 15 is 0 Å². The zero-order chi connectivity index (χ0) is 28.3. The van der Waals surface area contributed by atoms with Gasteiger partial charge in [-0.1, -0.05) is 140 Å². The molecule has 1 heterocycles. The van der Waals surface area contributed by atoms with Gasteiger partial charge in [0.1, 0.15) is 11.2 Å². The molecule has 0 spiro atoms. The summed E-state index contributed by atoms with van der Waals surface area (Å²) in [5, 5.41) is 9.66. The normalized spacial score (nSPS) is 11.7. The van der Waals surface area contributed by atoms with Crippen LogP contribution in [0.2, 0.25) is 0 Å². The van der Waals surface area contributed by atoms with Crippen molar-refractivity contribution < 1.29 is 4.42 Å². The molecule has 0 aliphatic carbocycles. The van der Waals surface area contributed by atoms with Crippen molar-refractivity contribution in [3.05, 3.63) is 158 Å². The second kappa shape index (κ2) is 9.44. The van der Waals surface area contributed by atoms with Gasteiger partial charge in [-0.2, -0.15) is 0 Å². The van der Waals surface area contributed by atoms with E-state index in [-0.39, 0.29) is 0 Å². The third kappa shape index (κ3) is 3.65. The fourth-order valence-electron chi connectivity index (χ4n) is 6.96. The van der Waals surface area contributed by atoms with Crippen LogP contribution in [0.3, 0.4) is 0 Å². The van der Waals surface area contributed by atoms with Crippen LogP contribution in [0.5, 0.6) is 0 Å². The highest BCUT2D eigenvalue weighted by Crippen LogP contribution is 2.46. The summed E-state index contributed by atoms with van der Waals surface area (Å²) < 4.78 is 6.42. The fourth-order valence-corrected chi connectivity index (χ4v) is 6.96. The monoisotopic (exact) mass is 546 g/mol. The van der Waals surface area contributed by atoms with E-state index in [1.165, 1.54) is 60.3 Å². The summed E-state index contributed by atoms with van der Waals surface area (Å²) in [6.45, 7) is 0. The van der Waals surface area contributed by atoms with Crippen LogP contribution in [0.1, 0.15) is 0 Å². The molecule has 0 bridgehead atoms. The molecule has 0 atom stereocenters. The van der Waals surface area contributed by atoms with Crippen LogP contribution in [0.15, 0.2) is 162 Å². The van der Waals surface area contributed by atoms with Crippen LogP contribution in [-0.4, -0.2) is 0 Å². The average molecular weight is 547 g/mol. The lowest BCUT2D eigenvalue weighted by Crippen LogP contribution is -1.92. The summed E-state index contributed by atoms with van der Waals surface area (Å²) in [6.07, 6.45) is 0. The molecule has 43 heavy (non-hydrogen) atoms. The van der Waals surface area contributed by atoms with Crippen LogP contribution in [0.4, 0.5) is 0 Å². The lowest BCUT2D eigenvalue weighted by Gasteiger charge is -2.19. The van der Waals surface area contributed by atoms with Gasteiger partial charge in [-0.25, -0.2) is 0 Å². The maximum atomic E-state index is 6.42. The van der Waals surface area contributed by atoms with Crippen molar-refractivity contribution >= 4 is 54.3 Å². The van der Waals surface area contributed by atoms with Crippen molar-refractivity contribution in [2.24, 2.45) is 0 Å². The standard InChI is InChI=1S/C42H26O/c1-3-13-27(14-4-1)40-32-19-8-9-20-33(32)41(28-15-5-2-6-16-28)37-25-29(23-24-34(37)40)36-26-38-31-18-11-12-22-39(31)43-42(38)35-21-10-7-17-30(35)36/h1-26H. The smallest absolute Gasteiger partial charge is 0.143 e. The summed E-state index contributed by atoms with van der Waals surface area (Å²) in [5.41, 5.74) is 9.28. The molecule has 0 amide bonds. The van der Waals surface area contributed by atoms with E-state index in [1.54, 1.807) is 0 Å². The van der Waals surface area contributed by atoms with Gasteiger partial charge in [0.15, 0.2) is 0 Å². The van der Waals surface area contributed by atoms with E-state index in [0.29, 0.717) is 0 Å². The van der Waals surface area contributed by atoms with Crippen molar-refractivity contribution in [3.63, 3.8) is 0 Å². The topological polar surface area (TPSA) is 13.1 Å². The molecule has 0 radical (unpaired) electrons. The van der Waals surface area contributed by atoms with E-state index in [4.69, 9.17) is 4.42 Å². The predicted molar refractivity (Wildman–Crippen MR) is 183 cm³/mol. The lowest BCUT2D eigenvalue weighted by molar-refractivity contribution is 0.672. The van der Waals surface area contributed by atoms with Gasteiger partial charge in [0.2, 0.25) is 0 Å². The van der Waals surface area contributed by atoms with Gasteiger partial charge in [0.25, 0.3) is 0 Å². The minimum atomic E-state index is 0.920.